The Morgan fingerprint density at radius 1 is 1.46 bits per heavy atom. The number of fused-ring (bicyclic) bond motifs is 1. The second kappa shape index (κ2) is 3.70. The Hall–Kier alpha value is -0.500. The van der Waals surface area contributed by atoms with Crippen LogP contribution in [0.4, 0.5) is 5.69 Å². The van der Waals surface area contributed by atoms with Crippen molar-refractivity contribution < 1.29 is 0 Å². The van der Waals surface area contributed by atoms with Gasteiger partial charge >= 0.3 is 0 Å². The number of nitrogens with zero attached hydrogens (tertiary/aromatic N) is 1. The summed E-state index contributed by atoms with van der Waals surface area (Å²) in [5.74, 6) is 0. The normalized spacial score (nSPS) is 21.4. The Kier molecular flexibility index (Phi) is 2.58. The molecule has 0 saturated carbocycles. The van der Waals surface area contributed by atoms with Gasteiger partial charge in [0.25, 0.3) is 0 Å². The van der Waals surface area contributed by atoms with Gasteiger partial charge in [-0.3, -0.25) is 0 Å². The Bertz CT molecular complexity index is 298. The van der Waals surface area contributed by atoms with Crippen LogP contribution < -0.4 is 4.90 Å². The van der Waals surface area contributed by atoms with E-state index in [-0.39, 0.29) is 0 Å². The van der Waals surface area contributed by atoms with Crippen molar-refractivity contribution in [2.45, 2.75) is 18.2 Å². The van der Waals surface area contributed by atoms with E-state index in [1.807, 2.05) is 0 Å². The smallest absolute Gasteiger partial charge is 0.0399 e. The largest absolute Gasteiger partial charge is 0.370 e. The van der Waals surface area contributed by atoms with Crippen molar-refractivity contribution in [1.82, 2.24) is 0 Å². The molecule has 0 aromatic heterocycles. The molecular weight excluding hydrogens is 226 g/mol. The van der Waals surface area contributed by atoms with Crippen LogP contribution in [0.1, 0.15) is 12.5 Å². The second-order valence-electron chi connectivity index (χ2n) is 3.47. The SMILES string of the molecule is CCN1CC(Br)Cc2ccccc21. The van der Waals surface area contributed by atoms with Crippen molar-refractivity contribution in [1.29, 1.82) is 0 Å². The molecule has 2 rings (SSSR count). The summed E-state index contributed by atoms with van der Waals surface area (Å²) in [6.45, 7) is 4.44. The first-order valence-electron chi connectivity index (χ1n) is 4.78. The minimum atomic E-state index is 0.613. The van der Waals surface area contributed by atoms with E-state index in [0.717, 1.165) is 19.5 Å². The molecule has 0 saturated heterocycles. The van der Waals surface area contributed by atoms with Crippen LogP contribution in [0, 0.1) is 0 Å². The quantitative estimate of drug-likeness (QED) is 0.682. The zero-order chi connectivity index (χ0) is 9.26. The summed E-state index contributed by atoms with van der Waals surface area (Å²) in [5, 5.41) is 0. The van der Waals surface area contributed by atoms with E-state index < -0.39 is 0 Å². The molecule has 1 heterocycles. The Morgan fingerprint density at radius 3 is 3.00 bits per heavy atom. The van der Waals surface area contributed by atoms with E-state index >= 15 is 0 Å². The van der Waals surface area contributed by atoms with E-state index in [2.05, 4.69) is 52.0 Å². The van der Waals surface area contributed by atoms with Crippen LogP contribution in [-0.4, -0.2) is 17.9 Å². The zero-order valence-corrected chi connectivity index (χ0v) is 9.42. The fraction of sp³-hybridized carbons (Fsp3) is 0.455. The van der Waals surface area contributed by atoms with Gasteiger partial charge in [-0.2, -0.15) is 0 Å². The van der Waals surface area contributed by atoms with Gasteiger partial charge < -0.3 is 4.90 Å². The van der Waals surface area contributed by atoms with Crippen molar-refractivity contribution >= 4 is 21.6 Å². The minimum Gasteiger partial charge on any atom is -0.370 e. The molecule has 0 aliphatic carbocycles. The fourth-order valence-electron chi connectivity index (χ4n) is 1.93. The third kappa shape index (κ3) is 1.73. The number of alkyl halides is 1. The zero-order valence-electron chi connectivity index (χ0n) is 7.83. The molecule has 1 atom stereocenters. The Morgan fingerprint density at radius 2 is 2.23 bits per heavy atom. The lowest BCUT2D eigenvalue weighted by atomic mass is 10.0. The van der Waals surface area contributed by atoms with Crippen molar-refractivity contribution in [3.8, 4) is 0 Å². The maximum Gasteiger partial charge on any atom is 0.0399 e. The third-order valence-electron chi connectivity index (χ3n) is 2.57. The topological polar surface area (TPSA) is 3.24 Å². The van der Waals surface area contributed by atoms with Crippen molar-refractivity contribution in [3.05, 3.63) is 29.8 Å². The van der Waals surface area contributed by atoms with Crippen LogP contribution in [0.2, 0.25) is 0 Å². The van der Waals surface area contributed by atoms with Gasteiger partial charge in [0, 0.05) is 23.6 Å². The highest BCUT2D eigenvalue weighted by Gasteiger charge is 2.20. The standard InChI is InChI=1S/C11H14BrN/c1-2-13-8-10(12)7-9-5-3-4-6-11(9)13/h3-6,10H,2,7-8H2,1H3. The molecule has 0 fully saturated rings. The molecule has 0 amide bonds. The van der Waals surface area contributed by atoms with Crippen LogP contribution in [-0.2, 0) is 6.42 Å². The molecule has 1 nitrogen and oxygen atoms in total. The highest BCUT2D eigenvalue weighted by Crippen LogP contribution is 2.28. The summed E-state index contributed by atoms with van der Waals surface area (Å²) in [6.07, 6.45) is 1.16. The lowest BCUT2D eigenvalue weighted by molar-refractivity contribution is 0.729. The van der Waals surface area contributed by atoms with Crippen LogP contribution in [0.3, 0.4) is 0 Å². The molecule has 0 radical (unpaired) electrons. The molecule has 1 aliphatic heterocycles. The summed E-state index contributed by atoms with van der Waals surface area (Å²) in [6, 6.07) is 8.69. The minimum absolute atomic E-state index is 0.613. The Balaban J connectivity index is 2.37. The number of anilines is 1. The van der Waals surface area contributed by atoms with Crippen LogP contribution >= 0.6 is 15.9 Å². The summed E-state index contributed by atoms with van der Waals surface area (Å²) in [4.78, 5) is 3.04. The number of rotatable bonds is 1. The van der Waals surface area contributed by atoms with Crippen molar-refractivity contribution in [2.24, 2.45) is 0 Å². The monoisotopic (exact) mass is 239 g/mol. The van der Waals surface area contributed by atoms with Crippen molar-refractivity contribution in [3.63, 3.8) is 0 Å². The first kappa shape index (κ1) is 9.07. The van der Waals surface area contributed by atoms with E-state index in [9.17, 15) is 0 Å². The third-order valence-corrected chi connectivity index (χ3v) is 3.19. The molecule has 13 heavy (non-hydrogen) atoms. The first-order valence-corrected chi connectivity index (χ1v) is 5.69. The van der Waals surface area contributed by atoms with E-state index in [0.29, 0.717) is 4.83 Å². The molecule has 1 aliphatic rings. The molecule has 1 aromatic carbocycles. The van der Waals surface area contributed by atoms with E-state index in [1.165, 1.54) is 11.3 Å². The van der Waals surface area contributed by atoms with Gasteiger partial charge in [-0.15, -0.1) is 0 Å². The van der Waals surface area contributed by atoms with Gasteiger partial charge in [0.1, 0.15) is 0 Å². The summed E-state index contributed by atoms with van der Waals surface area (Å²) in [7, 11) is 0. The molecule has 1 unspecified atom stereocenters. The second-order valence-corrected chi connectivity index (χ2v) is 4.76. The van der Waals surface area contributed by atoms with E-state index in [1.54, 1.807) is 0 Å². The first-order chi connectivity index (χ1) is 6.31. The number of para-hydroxylation sites is 1. The maximum absolute atomic E-state index is 3.70. The number of hydrogen-bond donors (Lipinski definition) is 0. The fourth-order valence-corrected chi connectivity index (χ4v) is 2.63. The average Bonchev–Trinajstić information content (AvgIpc) is 2.16. The van der Waals surface area contributed by atoms with Gasteiger partial charge in [-0.1, -0.05) is 34.1 Å². The Labute approximate surface area is 87.9 Å². The maximum atomic E-state index is 3.70. The van der Waals surface area contributed by atoms with Gasteiger partial charge in [0.2, 0.25) is 0 Å². The molecule has 0 bridgehead atoms. The number of hydrogen-bond acceptors (Lipinski definition) is 1. The van der Waals surface area contributed by atoms with Gasteiger partial charge in [0.15, 0.2) is 0 Å². The molecular formula is C11H14BrN. The van der Waals surface area contributed by atoms with E-state index in [4.69, 9.17) is 0 Å². The number of benzene rings is 1. The van der Waals surface area contributed by atoms with Crippen LogP contribution in [0.25, 0.3) is 0 Å². The summed E-state index contributed by atoms with van der Waals surface area (Å²) in [5.41, 5.74) is 2.89. The average molecular weight is 240 g/mol. The molecule has 0 N–H and O–H groups in total. The van der Waals surface area contributed by atoms with Gasteiger partial charge in [-0.05, 0) is 25.0 Å². The molecule has 70 valence electrons. The molecule has 2 heteroatoms. The number of halogens is 1. The lowest BCUT2D eigenvalue weighted by Gasteiger charge is -2.33. The van der Waals surface area contributed by atoms with Crippen molar-refractivity contribution in [2.75, 3.05) is 18.0 Å². The van der Waals surface area contributed by atoms with Gasteiger partial charge in [0.05, 0.1) is 0 Å². The van der Waals surface area contributed by atoms with Gasteiger partial charge in [-0.25, -0.2) is 0 Å². The molecule has 1 aromatic rings. The predicted molar refractivity (Wildman–Crippen MR) is 60.7 cm³/mol. The van der Waals surface area contributed by atoms with Crippen LogP contribution in [0.15, 0.2) is 24.3 Å². The molecule has 0 spiro atoms. The highest BCUT2D eigenvalue weighted by molar-refractivity contribution is 9.09. The van der Waals surface area contributed by atoms with Crippen LogP contribution in [0.5, 0.6) is 0 Å². The summed E-state index contributed by atoms with van der Waals surface area (Å²) >= 11 is 3.70. The predicted octanol–water partition coefficient (Wildman–Crippen LogP) is 2.83. The highest BCUT2D eigenvalue weighted by atomic mass is 79.9. The summed E-state index contributed by atoms with van der Waals surface area (Å²) < 4.78 is 0. The lowest BCUT2D eigenvalue weighted by Crippen LogP contribution is -2.35.